The zero-order chi connectivity index (χ0) is 24.3. The fourth-order valence-electron chi connectivity index (χ4n) is 5.67. The Morgan fingerprint density at radius 2 is 1.79 bits per heavy atom. The predicted octanol–water partition coefficient (Wildman–Crippen LogP) is 3.85. The zero-order valence-electron chi connectivity index (χ0n) is 20.0. The molecule has 0 aliphatic carbocycles. The Morgan fingerprint density at radius 1 is 1.09 bits per heavy atom. The minimum atomic E-state index is -0.623. The number of rotatable bonds is 4. The highest BCUT2D eigenvalue weighted by atomic mass is 19.1. The summed E-state index contributed by atoms with van der Waals surface area (Å²) in [6.45, 7) is 4.57. The number of nitrogens with zero attached hydrogens (tertiary/aromatic N) is 4. The van der Waals surface area contributed by atoms with Crippen molar-refractivity contribution in [1.29, 1.82) is 0 Å². The van der Waals surface area contributed by atoms with Crippen molar-refractivity contribution in [3.05, 3.63) is 58.8 Å². The number of nitrogens with one attached hydrogen (secondary N) is 1. The lowest BCUT2D eigenvalue weighted by Gasteiger charge is -2.45. The number of aromatic nitrogens is 3. The predicted molar refractivity (Wildman–Crippen MR) is 130 cm³/mol. The van der Waals surface area contributed by atoms with Gasteiger partial charge in [-0.1, -0.05) is 0 Å². The molecule has 7 nitrogen and oxygen atoms in total. The molecule has 1 aromatic carbocycles. The van der Waals surface area contributed by atoms with E-state index in [2.05, 4.69) is 34.3 Å². The summed E-state index contributed by atoms with van der Waals surface area (Å²) in [4.78, 5) is 14.1. The van der Waals surface area contributed by atoms with Crippen LogP contribution in [0.25, 0.3) is 22.4 Å². The van der Waals surface area contributed by atoms with Crippen molar-refractivity contribution in [3.8, 4) is 28.1 Å². The molecule has 3 atom stereocenters. The number of aryl methyl sites for hydroxylation is 1. The van der Waals surface area contributed by atoms with Crippen LogP contribution < -0.4 is 15.8 Å². The van der Waals surface area contributed by atoms with E-state index in [1.54, 1.807) is 25.4 Å². The molecule has 2 aliphatic rings. The molecule has 3 aromatic rings. The normalized spacial score (nSPS) is 26.0. The van der Waals surface area contributed by atoms with Gasteiger partial charge in [0.05, 0.1) is 11.3 Å². The summed E-state index contributed by atoms with van der Waals surface area (Å²) in [7, 11) is 3.67. The summed E-state index contributed by atoms with van der Waals surface area (Å²) in [5, 5.41) is 23.0. The lowest BCUT2D eigenvalue weighted by molar-refractivity contribution is 0.207. The number of aromatic hydroxyl groups is 1. The fourth-order valence-corrected chi connectivity index (χ4v) is 5.67. The summed E-state index contributed by atoms with van der Waals surface area (Å²) in [6.07, 6.45) is 6.01. The van der Waals surface area contributed by atoms with Gasteiger partial charge in [-0.05, 0) is 81.0 Å². The third-order valence-corrected chi connectivity index (χ3v) is 7.53. The van der Waals surface area contributed by atoms with Gasteiger partial charge in [0.2, 0.25) is 0 Å². The molecule has 0 saturated carbocycles. The van der Waals surface area contributed by atoms with Crippen LogP contribution in [0.4, 0.5) is 10.2 Å². The maximum absolute atomic E-state index is 15.1. The van der Waals surface area contributed by atoms with E-state index in [9.17, 15) is 9.90 Å². The number of phenols is 1. The molecular formula is C26H30FN5O2. The van der Waals surface area contributed by atoms with Gasteiger partial charge in [0.15, 0.2) is 5.82 Å². The highest BCUT2D eigenvalue weighted by Gasteiger charge is 2.49. The average molecular weight is 464 g/mol. The van der Waals surface area contributed by atoms with E-state index in [0.29, 0.717) is 17.2 Å². The molecule has 2 aliphatic heterocycles. The molecule has 2 fully saturated rings. The molecule has 2 aromatic heterocycles. The summed E-state index contributed by atoms with van der Waals surface area (Å²) >= 11 is 0. The molecule has 2 bridgehead atoms. The molecule has 34 heavy (non-hydrogen) atoms. The van der Waals surface area contributed by atoms with E-state index in [-0.39, 0.29) is 33.6 Å². The maximum Gasteiger partial charge on any atom is 0.250 e. The van der Waals surface area contributed by atoms with Gasteiger partial charge < -0.3 is 19.9 Å². The SMILES string of the molecule is CN(c1ccc(-c2c(O)cc(-c3ccn(C)c(=O)c3)cc2F)nn1)C1C[C@]2(C)CC[C@](C)(C1)N2. The van der Waals surface area contributed by atoms with Crippen LogP contribution in [-0.4, -0.2) is 44.0 Å². The summed E-state index contributed by atoms with van der Waals surface area (Å²) < 4.78 is 16.5. The molecule has 2 saturated heterocycles. The molecule has 0 spiro atoms. The zero-order valence-corrected chi connectivity index (χ0v) is 20.0. The first-order valence-electron chi connectivity index (χ1n) is 11.6. The van der Waals surface area contributed by atoms with Gasteiger partial charge in [0.1, 0.15) is 11.6 Å². The Morgan fingerprint density at radius 3 is 2.38 bits per heavy atom. The number of hydrogen-bond acceptors (Lipinski definition) is 6. The second kappa shape index (κ2) is 7.91. The molecule has 4 heterocycles. The monoisotopic (exact) mass is 463 g/mol. The van der Waals surface area contributed by atoms with Crippen molar-refractivity contribution in [2.45, 2.75) is 56.7 Å². The number of pyridine rings is 1. The smallest absolute Gasteiger partial charge is 0.250 e. The Hall–Kier alpha value is -3.26. The second-order valence-electron chi connectivity index (χ2n) is 10.4. The lowest BCUT2D eigenvalue weighted by Crippen LogP contribution is -2.58. The van der Waals surface area contributed by atoms with Crippen molar-refractivity contribution in [3.63, 3.8) is 0 Å². The third-order valence-electron chi connectivity index (χ3n) is 7.53. The van der Waals surface area contributed by atoms with Crippen molar-refractivity contribution in [2.24, 2.45) is 7.05 Å². The van der Waals surface area contributed by atoms with Crippen molar-refractivity contribution in [2.75, 3.05) is 11.9 Å². The topological polar surface area (TPSA) is 83.3 Å². The summed E-state index contributed by atoms with van der Waals surface area (Å²) in [6, 6.07) is 9.71. The van der Waals surface area contributed by atoms with Crippen LogP contribution in [-0.2, 0) is 7.05 Å². The van der Waals surface area contributed by atoms with Crippen LogP contribution in [0.2, 0.25) is 0 Å². The minimum absolute atomic E-state index is 0.00535. The maximum atomic E-state index is 15.1. The van der Waals surface area contributed by atoms with Crippen LogP contribution in [0.1, 0.15) is 39.5 Å². The van der Waals surface area contributed by atoms with Gasteiger partial charge in [0, 0.05) is 43.5 Å². The molecule has 0 radical (unpaired) electrons. The number of benzene rings is 1. The molecule has 8 heteroatoms. The van der Waals surface area contributed by atoms with Gasteiger partial charge in [-0.25, -0.2) is 4.39 Å². The average Bonchev–Trinajstić information content (AvgIpc) is 3.01. The number of phenolic OH excluding ortho intramolecular Hbond substituents is 1. The quantitative estimate of drug-likeness (QED) is 0.612. The first-order valence-corrected chi connectivity index (χ1v) is 11.6. The lowest BCUT2D eigenvalue weighted by atomic mass is 9.84. The Bertz CT molecular complexity index is 1270. The molecule has 178 valence electrons. The van der Waals surface area contributed by atoms with Crippen LogP contribution in [0.5, 0.6) is 5.75 Å². The van der Waals surface area contributed by atoms with Gasteiger partial charge in [0.25, 0.3) is 5.56 Å². The number of halogens is 1. The molecule has 1 unspecified atom stereocenters. The second-order valence-corrected chi connectivity index (χ2v) is 10.4. The number of hydrogen-bond donors (Lipinski definition) is 2. The van der Waals surface area contributed by atoms with E-state index in [0.717, 1.165) is 18.7 Å². The molecule has 2 N–H and O–H groups in total. The highest BCUT2D eigenvalue weighted by molar-refractivity contribution is 5.75. The van der Waals surface area contributed by atoms with Gasteiger partial charge >= 0.3 is 0 Å². The van der Waals surface area contributed by atoms with E-state index in [1.165, 1.54) is 35.6 Å². The Kier molecular flexibility index (Phi) is 5.24. The van der Waals surface area contributed by atoms with Crippen molar-refractivity contribution < 1.29 is 9.50 Å². The van der Waals surface area contributed by atoms with Crippen molar-refractivity contribution >= 4 is 5.82 Å². The summed E-state index contributed by atoms with van der Waals surface area (Å²) in [5.74, 6) is -0.150. The number of piperidine rings is 1. The van der Waals surface area contributed by atoms with E-state index in [4.69, 9.17) is 0 Å². The van der Waals surface area contributed by atoms with Crippen molar-refractivity contribution in [1.82, 2.24) is 20.1 Å². The molecule has 5 rings (SSSR count). The minimum Gasteiger partial charge on any atom is -0.507 e. The highest BCUT2D eigenvalue weighted by Crippen LogP contribution is 2.44. The van der Waals surface area contributed by atoms with Gasteiger partial charge in [-0.2, -0.15) is 0 Å². The fraction of sp³-hybridized carbons (Fsp3) is 0.423. The van der Waals surface area contributed by atoms with Crippen LogP contribution >= 0.6 is 0 Å². The van der Waals surface area contributed by atoms with Crippen LogP contribution in [0.15, 0.2) is 47.4 Å². The number of fused-ring (bicyclic) bond motifs is 2. The van der Waals surface area contributed by atoms with Gasteiger partial charge in [-0.3, -0.25) is 4.79 Å². The molecule has 0 amide bonds. The Balaban J connectivity index is 1.40. The van der Waals surface area contributed by atoms with Crippen LogP contribution in [0, 0.1) is 5.82 Å². The van der Waals surface area contributed by atoms with Crippen LogP contribution in [0.3, 0.4) is 0 Å². The van der Waals surface area contributed by atoms with E-state index in [1.807, 2.05) is 13.1 Å². The molecular weight excluding hydrogens is 433 g/mol. The summed E-state index contributed by atoms with van der Waals surface area (Å²) in [5.41, 5.74) is 1.27. The largest absolute Gasteiger partial charge is 0.507 e. The Labute approximate surface area is 198 Å². The van der Waals surface area contributed by atoms with E-state index < -0.39 is 5.82 Å². The first-order chi connectivity index (χ1) is 16.1. The van der Waals surface area contributed by atoms with Gasteiger partial charge in [-0.15, -0.1) is 10.2 Å². The number of anilines is 1. The standard InChI is InChI=1S/C26H30FN5O2/c1-25-8-9-26(2,30-25)15-18(14-25)32(4)22-6-5-20(28-29-22)24-19(27)11-17(12-21(24)33)16-7-10-31(3)23(34)13-16/h5-7,10-13,18,30,33H,8-9,14-15H2,1-4H3/t18?,25-,26+. The van der Waals surface area contributed by atoms with E-state index >= 15 is 4.39 Å². The first kappa shape index (κ1) is 22.5. The third kappa shape index (κ3) is 3.96.